The Kier molecular flexibility index (Phi) is 6.21. The maximum Gasteiger partial charge on any atom is 0.266 e. The third-order valence-corrected chi connectivity index (χ3v) is 6.44. The zero-order chi connectivity index (χ0) is 20.4. The van der Waals surface area contributed by atoms with Crippen molar-refractivity contribution in [2.24, 2.45) is 0 Å². The number of para-hydroxylation sites is 1. The Morgan fingerprint density at radius 2 is 1.97 bits per heavy atom. The number of carbonyl (C=O) groups excluding carboxylic acids is 1. The van der Waals surface area contributed by atoms with Crippen molar-refractivity contribution < 1.29 is 9.53 Å². The van der Waals surface area contributed by atoms with Crippen molar-refractivity contribution in [3.8, 4) is 5.69 Å². The van der Waals surface area contributed by atoms with Gasteiger partial charge in [0.05, 0.1) is 35.6 Å². The maximum absolute atomic E-state index is 13.4. The Morgan fingerprint density at radius 1 is 1.21 bits per heavy atom. The third kappa shape index (κ3) is 4.34. The summed E-state index contributed by atoms with van der Waals surface area (Å²) in [5.74, 6) is 0.264. The van der Waals surface area contributed by atoms with Crippen LogP contribution in [0.15, 0.2) is 52.4 Å². The fraction of sp³-hybridized carbons (Fsp3) is 0.286. The molecule has 0 bridgehead atoms. The van der Waals surface area contributed by atoms with Gasteiger partial charge in [-0.05, 0) is 59.3 Å². The molecule has 1 aliphatic rings. The van der Waals surface area contributed by atoms with Crippen molar-refractivity contribution in [1.82, 2.24) is 14.5 Å². The highest BCUT2D eigenvalue weighted by Crippen LogP contribution is 2.24. The first-order chi connectivity index (χ1) is 14.0. The van der Waals surface area contributed by atoms with E-state index in [9.17, 15) is 9.59 Å². The molecule has 0 N–H and O–H groups in total. The van der Waals surface area contributed by atoms with Gasteiger partial charge < -0.3 is 9.64 Å². The number of amides is 1. The molecule has 8 heteroatoms. The number of rotatable bonds is 4. The van der Waals surface area contributed by atoms with Gasteiger partial charge in [0, 0.05) is 16.7 Å². The van der Waals surface area contributed by atoms with Crippen molar-refractivity contribution in [2.75, 3.05) is 32.1 Å². The smallest absolute Gasteiger partial charge is 0.266 e. The number of fused-ring (bicyclic) bond motifs is 1. The van der Waals surface area contributed by atoms with Crippen molar-refractivity contribution >= 4 is 51.2 Å². The molecule has 6 nitrogen and oxygen atoms in total. The average Bonchev–Trinajstić information content (AvgIpc) is 2.74. The molecule has 150 valence electrons. The molecular weight excluding hydrogens is 501 g/mol. The van der Waals surface area contributed by atoms with E-state index in [4.69, 9.17) is 9.72 Å². The lowest BCUT2D eigenvalue weighted by Crippen LogP contribution is -2.41. The number of aromatic nitrogens is 2. The third-order valence-electron chi connectivity index (χ3n) is 4.84. The largest absolute Gasteiger partial charge is 0.378 e. The minimum absolute atomic E-state index is 0.0339. The Morgan fingerprint density at radius 3 is 2.72 bits per heavy atom. The van der Waals surface area contributed by atoms with Crippen LogP contribution in [0.1, 0.15) is 5.56 Å². The number of ether oxygens (including phenoxy) is 1. The first kappa shape index (κ1) is 20.4. The summed E-state index contributed by atoms with van der Waals surface area (Å²) in [7, 11) is 0. The van der Waals surface area contributed by atoms with E-state index in [0.29, 0.717) is 42.4 Å². The van der Waals surface area contributed by atoms with E-state index in [1.807, 2.05) is 49.4 Å². The molecule has 0 saturated carbocycles. The van der Waals surface area contributed by atoms with Crippen molar-refractivity contribution in [3.63, 3.8) is 0 Å². The van der Waals surface area contributed by atoms with Gasteiger partial charge in [-0.3, -0.25) is 14.2 Å². The van der Waals surface area contributed by atoms with Crippen LogP contribution < -0.4 is 5.56 Å². The molecule has 0 aliphatic carbocycles. The molecule has 1 aromatic heterocycles. The van der Waals surface area contributed by atoms with Crippen LogP contribution in [0.5, 0.6) is 0 Å². The summed E-state index contributed by atoms with van der Waals surface area (Å²) in [4.78, 5) is 32.5. The number of morpholine rings is 1. The molecule has 0 radical (unpaired) electrons. The molecule has 2 heterocycles. The SMILES string of the molecule is Cc1ccccc1-n1c(SCC(=O)N2CCOCC2)nc2ccc(I)cc2c1=O. The van der Waals surface area contributed by atoms with Gasteiger partial charge in [0.15, 0.2) is 5.16 Å². The Bertz CT molecular complexity index is 1130. The zero-order valence-electron chi connectivity index (χ0n) is 15.9. The monoisotopic (exact) mass is 521 g/mol. The molecule has 1 aliphatic heterocycles. The van der Waals surface area contributed by atoms with Gasteiger partial charge in [-0.1, -0.05) is 30.0 Å². The van der Waals surface area contributed by atoms with E-state index in [2.05, 4.69) is 22.6 Å². The summed E-state index contributed by atoms with van der Waals surface area (Å²) in [5.41, 5.74) is 2.28. The molecule has 0 atom stereocenters. The molecule has 29 heavy (non-hydrogen) atoms. The number of thioether (sulfide) groups is 1. The number of carbonyl (C=O) groups is 1. The highest BCUT2D eigenvalue weighted by atomic mass is 127. The van der Waals surface area contributed by atoms with Crippen LogP contribution in [0.2, 0.25) is 0 Å². The van der Waals surface area contributed by atoms with E-state index >= 15 is 0 Å². The second kappa shape index (κ2) is 8.85. The van der Waals surface area contributed by atoms with Crippen molar-refractivity contribution in [1.29, 1.82) is 0 Å². The van der Waals surface area contributed by atoms with E-state index in [1.165, 1.54) is 11.8 Å². The maximum atomic E-state index is 13.4. The number of nitrogens with zero attached hydrogens (tertiary/aromatic N) is 3. The molecule has 0 unspecified atom stereocenters. The lowest BCUT2D eigenvalue weighted by atomic mass is 10.2. The normalized spacial score (nSPS) is 14.3. The van der Waals surface area contributed by atoms with E-state index in [1.54, 1.807) is 9.47 Å². The van der Waals surface area contributed by atoms with Gasteiger partial charge in [0.2, 0.25) is 5.91 Å². The molecule has 3 aromatic rings. The summed E-state index contributed by atoms with van der Waals surface area (Å²) in [5, 5.41) is 1.10. The lowest BCUT2D eigenvalue weighted by Gasteiger charge is -2.26. The molecule has 2 aromatic carbocycles. The predicted octanol–water partition coefficient (Wildman–Crippen LogP) is 3.25. The van der Waals surface area contributed by atoms with Crippen LogP contribution in [0.4, 0.5) is 0 Å². The molecule has 1 amide bonds. The first-order valence-corrected chi connectivity index (χ1v) is 11.4. The minimum Gasteiger partial charge on any atom is -0.378 e. The van der Waals surface area contributed by atoms with Crippen LogP contribution in [-0.4, -0.2) is 52.4 Å². The predicted molar refractivity (Wildman–Crippen MR) is 123 cm³/mol. The number of aryl methyl sites for hydroxylation is 1. The van der Waals surface area contributed by atoms with Gasteiger partial charge in [0.25, 0.3) is 5.56 Å². The summed E-state index contributed by atoms with van der Waals surface area (Å²) in [6.45, 7) is 4.31. The van der Waals surface area contributed by atoms with Gasteiger partial charge in [-0.2, -0.15) is 0 Å². The standard InChI is InChI=1S/C21H20IN3O3S/c1-14-4-2-3-5-18(14)25-20(27)16-12-15(22)6-7-17(16)23-21(25)29-13-19(26)24-8-10-28-11-9-24/h2-7,12H,8-11,13H2,1H3. The fourth-order valence-electron chi connectivity index (χ4n) is 3.29. The van der Waals surface area contributed by atoms with Crippen molar-refractivity contribution in [3.05, 3.63) is 62.0 Å². The van der Waals surface area contributed by atoms with Crippen LogP contribution >= 0.6 is 34.4 Å². The van der Waals surface area contributed by atoms with E-state index in [-0.39, 0.29) is 17.2 Å². The quantitative estimate of drug-likeness (QED) is 0.300. The van der Waals surface area contributed by atoms with Crippen LogP contribution in [-0.2, 0) is 9.53 Å². The van der Waals surface area contributed by atoms with E-state index < -0.39 is 0 Å². The first-order valence-electron chi connectivity index (χ1n) is 9.31. The topological polar surface area (TPSA) is 64.4 Å². The minimum atomic E-state index is -0.121. The van der Waals surface area contributed by atoms with E-state index in [0.717, 1.165) is 14.8 Å². The van der Waals surface area contributed by atoms with Gasteiger partial charge in [-0.15, -0.1) is 0 Å². The van der Waals surface area contributed by atoms with Crippen LogP contribution in [0.3, 0.4) is 0 Å². The van der Waals surface area contributed by atoms with Gasteiger partial charge >= 0.3 is 0 Å². The van der Waals surface area contributed by atoms with Crippen LogP contribution in [0, 0.1) is 10.5 Å². The number of halogens is 1. The fourth-order valence-corrected chi connectivity index (χ4v) is 4.69. The number of hydrogen-bond donors (Lipinski definition) is 0. The lowest BCUT2D eigenvalue weighted by molar-refractivity contribution is -0.132. The number of hydrogen-bond acceptors (Lipinski definition) is 5. The van der Waals surface area contributed by atoms with Crippen LogP contribution in [0.25, 0.3) is 16.6 Å². The second-order valence-electron chi connectivity index (χ2n) is 6.76. The Labute approximate surface area is 186 Å². The van der Waals surface area contributed by atoms with Gasteiger partial charge in [-0.25, -0.2) is 4.98 Å². The van der Waals surface area contributed by atoms with Gasteiger partial charge in [0.1, 0.15) is 0 Å². The summed E-state index contributed by atoms with van der Waals surface area (Å²) in [6, 6.07) is 13.4. The molecular formula is C21H20IN3O3S. The molecule has 1 saturated heterocycles. The second-order valence-corrected chi connectivity index (χ2v) is 8.95. The summed E-state index contributed by atoms with van der Waals surface area (Å²) < 4.78 is 7.93. The Balaban J connectivity index is 1.76. The average molecular weight is 521 g/mol. The highest BCUT2D eigenvalue weighted by molar-refractivity contribution is 14.1. The Hall–Kier alpha value is -1.91. The highest BCUT2D eigenvalue weighted by Gasteiger charge is 2.20. The summed E-state index contributed by atoms with van der Waals surface area (Å²) in [6.07, 6.45) is 0. The molecule has 1 fully saturated rings. The molecule has 4 rings (SSSR count). The van der Waals surface area contributed by atoms with Crippen molar-refractivity contribution in [2.45, 2.75) is 12.1 Å². The molecule has 0 spiro atoms. The zero-order valence-corrected chi connectivity index (χ0v) is 18.9. The summed E-state index contributed by atoms with van der Waals surface area (Å²) >= 11 is 3.50. The number of benzene rings is 2.